The van der Waals surface area contributed by atoms with Gasteiger partial charge in [0.15, 0.2) is 0 Å². The predicted molar refractivity (Wildman–Crippen MR) is 56.6 cm³/mol. The van der Waals surface area contributed by atoms with Crippen LogP contribution < -0.4 is 0 Å². The van der Waals surface area contributed by atoms with E-state index in [0.29, 0.717) is 26.3 Å². The van der Waals surface area contributed by atoms with Gasteiger partial charge in [0.05, 0.1) is 13.2 Å². The Labute approximate surface area is 97.6 Å². The Morgan fingerprint density at radius 3 is 2.76 bits per heavy atom. The number of aromatic nitrogens is 2. The van der Waals surface area contributed by atoms with Crippen molar-refractivity contribution in [2.45, 2.75) is 6.54 Å². The van der Waals surface area contributed by atoms with Crippen LogP contribution in [-0.2, 0) is 16.1 Å². The van der Waals surface area contributed by atoms with Crippen LogP contribution in [0.2, 0.25) is 0 Å². The molecule has 0 unspecified atom stereocenters. The van der Waals surface area contributed by atoms with Gasteiger partial charge < -0.3 is 14.7 Å². The maximum atomic E-state index is 11.9. The molecule has 0 atom stereocenters. The van der Waals surface area contributed by atoms with Gasteiger partial charge in [0, 0.05) is 19.3 Å². The Hall–Kier alpha value is -1.89. The lowest BCUT2D eigenvalue weighted by atomic mass is 10.4. The molecule has 1 aromatic heterocycles. The van der Waals surface area contributed by atoms with Gasteiger partial charge in [-0.2, -0.15) is 5.10 Å². The molecule has 7 heteroatoms. The zero-order valence-corrected chi connectivity index (χ0v) is 9.20. The number of rotatable bonds is 3. The largest absolute Gasteiger partial charge is 0.477 e. The van der Waals surface area contributed by atoms with Crippen LogP contribution in [0.4, 0.5) is 0 Å². The zero-order valence-electron chi connectivity index (χ0n) is 9.20. The standard InChI is InChI=1S/C10H13N3O4/c14-9(12-3-5-17-6-4-12)7-13-8(10(15)16)1-2-11-13/h1-2H,3-7H2,(H,15,16). The molecule has 0 saturated carbocycles. The summed E-state index contributed by atoms with van der Waals surface area (Å²) in [7, 11) is 0. The number of nitrogens with zero attached hydrogens (tertiary/aromatic N) is 3. The molecule has 1 saturated heterocycles. The number of carboxylic acid groups (broad SMARTS) is 1. The molecule has 2 rings (SSSR count). The van der Waals surface area contributed by atoms with Crippen LogP contribution in [0.3, 0.4) is 0 Å². The fraction of sp³-hybridized carbons (Fsp3) is 0.500. The molecule has 0 aliphatic carbocycles. The molecule has 2 heterocycles. The van der Waals surface area contributed by atoms with Crippen LogP contribution in [0.25, 0.3) is 0 Å². The van der Waals surface area contributed by atoms with E-state index in [2.05, 4.69) is 5.10 Å². The molecule has 1 aliphatic heterocycles. The number of ether oxygens (including phenoxy) is 1. The third kappa shape index (κ3) is 2.62. The Bertz CT molecular complexity index is 423. The van der Waals surface area contributed by atoms with E-state index in [0.717, 1.165) is 0 Å². The van der Waals surface area contributed by atoms with Gasteiger partial charge in [0.2, 0.25) is 5.91 Å². The maximum absolute atomic E-state index is 11.9. The number of carbonyl (C=O) groups is 2. The molecule has 92 valence electrons. The van der Waals surface area contributed by atoms with Gasteiger partial charge in [-0.05, 0) is 6.07 Å². The van der Waals surface area contributed by atoms with E-state index in [-0.39, 0.29) is 18.1 Å². The molecule has 0 bridgehead atoms. The SMILES string of the molecule is O=C(O)c1ccnn1CC(=O)N1CCOCC1. The zero-order chi connectivity index (χ0) is 12.3. The highest BCUT2D eigenvalue weighted by molar-refractivity contribution is 5.86. The second-order valence-corrected chi connectivity index (χ2v) is 3.67. The summed E-state index contributed by atoms with van der Waals surface area (Å²) in [6, 6.07) is 1.37. The monoisotopic (exact) mass is 239 g/mol. The fourth-order valence-electron chi connectivity index (χ4n) is 1.68. The molecule has 1 fully saturated rings. The number of aromatic carboxylic acids is 1. The summed E-state index contributed by atoms with van der Waals surface area (Å²) in [6.45, 7) is 2.09. The molecule has 1 amide bonds. The van der Waals surface area contributed by atoms with Gasteiger partial charge in [-0.3, -0.25) is 4.79 Å². The van der Waals surface area contributed by atoms with E-state index >= 15 is 0 Å². The first-order chi connectivity index (χ1) is 8.18. The van der Waals surface area contributed by atoms with E-state index in [1.54, 1.807) is 4.90 Å². The van der Waals surface area contributed by atoms with Gasteiger partial charge in [0.1, 0.15) is 12.2 Å². The average molecular weight is 239 g/mol. The van der Waals surface area contributed by atoms with Crippen molar-refractivity contribution in [2.24, 2.45) is 0 Å². The Morgan fingerprint density at radius 1 is 1.41 bits per heavy atom. The summed E-state index contributed by atoms with van der Waals surface area (Å²) >= 11 is 0. The van der Waals surface area contributed by atoms with E-state index in [1.165, 1.54) is 16.9 Å². The smallest absolute Gasteiger partial charge is 0.354 e. The van der Waals surface area contributed by atoms with Crippen LogP contribution >= 0.6 is 0 Å². The molecule has 0 spiro atoms. The normalized spacial score (nSPS) is 15.9. The second kappa shape index (κ2) is 4.96. The lowest BCUT2D eigenvalue weighted by molar-refractivity contribution is -0.136. The second-order valence-electron chi connectivity index (χ2n) is 3.67. The van der Waals surface area contributed by atoms with Crippen LogP contribution in [0.5, 0.6) is 0 Å². The summed E-state index contributed by atoms with van der Waals surface area (Å²) < 4.78 is 6.33. The van der Waals surface area contributed by atoms with Crippen molar-refractivity contribution in [3.05, 3.63) is 18.0 Å². The highest BCUT2D eigenvalue weighted by Crippen LogP contribution is 2.03. The Morgan fingerprint density at radius 2 is 2.12 bits per heavy atom. The Kier molecular flexibility index (Phi) is 3.38. The van der Waals surface area contributed by atoms with Gasteiger partial charge >= 0.3 is 5.97 Å². The van der Waals surface area contributed by atoms with E-state index in [1.807, 2.05) is 0 Å². The minimum Gasteiger partial charge on any atom is -0.477 e. The van der Waals surface area contributed by atoms with Gasteiger partial charge in [0.25, 0.3) is 0 Å². The molecule has 17 heavy (non-hydrogen) atoms. The molecule has 0 aromatic carbocycles. The first-order valence-corrected chi connectivity index (χ1v) is 5.29. The van der Waals surface area contributed by atoms with Crippen LogP contribution in [-0.4, -0.2) is 58.0 Å². The number of carboxylic acids is 1. The van der Waals surface area contributed by atoms with E-state index in [4.69, 9.17) is 9.84 Å². The van der Waals surface area contributed by atoms with Crippen molar-refractivity contribution < 1.29 is 19.4 Å². The number of morpholine rings is 1. The summed E-state index contributed by atoms with van der Waals surface area (Å²) in [5.41, 5.74) is 0.0200. The topological polar surface area (TPSA) is 84.7 Å². The first kappa shape index (κ1) is 11.6. The van der Waals surface area contributed by atoms with Crippen molar-refractivity contribution in [1.29, 1.82) is 0 Å². The number of hydrogen-bond acceptors (Lipinski definition) is 4. The highest BCUT2D eigenvalue weighted by Gasteiger charge is 2.19. The summed E-state index contributed by atoms with van der Waals surface area (Å²) in [4.78, 5) is 24.3. The predicted octanol–water partition coefficient (Wildman–Crippen LogP) is -0.560. The number of hydrogen-bond donors (Lipinski definition) is 1. The van der Waals surface area contributed by atoms with Crippen LogP contribution in [0, 0.1) is 0 Å². The molecule has 7 nitrogen and oxygen atoms in total. The fourth-order valence-corrected chi connectivity index (χ4v) is 1.68. The van der Waals surface area contributed by atoms with Gasteiger partial charge in [-0.25, -0.2) is 9.48 Å². The van der Waals surface area contributed by atoms with Gasteiger partial charge in [-0.1, -0.05) is 0 Å². The molecule has 1 aliphatic rings. The van der Waals surface area contributed by atoms with E-state index in [9.17, 15) is 9.59 Å². The van der Waals surface area contributed by atoms with Crippen molar-refractivity contribution >= 4 is 11.9 Å². The minimum absolute atomic E-state index is 0.0200. The quantitative estimate of drug-likeness (QED) is 0.764. The molecular weight excluding hydrogens is 226 g/mol. The summed E-state index contributed by atoms with van der Waals surface area (Å²) in [6.07, 6.45) is 1.37. The van der Waals surface area contributed by atoms with Crippen LogP contribution in [0.1, 0.15) is 10.5 Å². The Balaban J connectivity index is 2.02. The summed E-state index contributed by atoms with van der Waals surface area (Å²) in [5.74, 6) is -1.23. The number of amides is 1. The highest BCUT2D eigenvalue weighted by atomic mass is 16.5. The average Bonchev–Trinajstić information content (AvgIpc) is 2.78. The van der Waals surface area contributed by atoms with Crippen molar-refractivity contribution in [2.75, 3.05) is 26.3 Å². The molecular formula is C10H13N3O4. The third-order valence-electron chi connectivity index (χ3n) is 2.58. The maximum Gasteiger partial charge on any atom is 0.354 e. The third-order valence-corrected chi connectivity index (χ3v) is 2.58. The molecule has 1 aromatic rings. The molecule has 1 N–H and O–H groups in total. The summed E-state index contributed by atoms with van der Waals surface area (Å²) in [5, 5.41) is 12.7. The minimum atomic E-state index is -1.09. The van der Waals surface area contributed by atoms with Crippen molar-refractivity contribution in [1.82, 2.24) is 14.7 Å². The lowest BCUT2D eigenvalue weighted by Gasteiger charge is -2.26. The van der Waals surface area contributed by atoms with Crippen molar-refractivity contribution in [3.63, 3.8) is 0 Å². The van der Waals surface area contributed by atoms with Crippen LogP contribution in [0.15, 0.2) is 12.3 Å². The van der Waals surface area contributed by atoms with Crippen molar-refractivity contribution in [3.8, 4) is 0 Å². The van der Waals surface area contributed by atoms with Gasteiger partial charge in [-0.15, -0.1) is 0 Å². The first-order valence-electron chi connectivity index (χ1n) is 5.29. The molecule has 0 radical (unpaired) electrons. The lowest BCUT2D eigenvalue weighted by Crippen LogP contribution is -2.42. The number of carbonyl (C=O) groups excluding carboxylic acids is 1. The van der Waals surface area contributed by atoms with E-state index < -0.39 is 5.97 Å².